The fourth-order valence-electron chi connectivity index (χ4n) is 2.18. The van der Waals surface area contributed by atoms with Crippen LogP contribution in [0.4, 0.5) is 0 Å². The Bertz CT molecular complexity index is 273. The number of morpholine rings is 1. The van der Waals surface area contributed by atoms with Gasteiger partial charge in [0.1, 0.15) is 0 Å². The van der Waals surface area contributed by atoms with E-state index in [4.69, 9.17) is 4.74 Å². The van der Waals surface area contributed by atoms with E-state index in [1.165, 1.54) is 12.8 Å². The molecule has 0 amide bonds. The molecular formula is C14H30N4O. The van der Waals surface area contributed by atoms with Crippen LogP contribution < -0.4 is 10.6 Å². The van der Waals surface area contributed by atoms with Crippen molar-refractivity contribution >= 4 is 5.96 Å². The summed E-state index contributed by atoms with van der Waals surface area (Å²) in [6.07, 6.45) is 2.37. The molecule has 1 aliphatic heterocycles. The number of unbranched alkanes of at least 4 members (excludes halogenated alkanes) is 1. The molecule has 0 aromatic rings. The number of nitrogens with zero attached hydrogens (tertiary/aromatic N) is 2. The highest BCUT2D eigenvalue weighted by atomic mass is 16.5. The van der Waals surface area contributed by atoms with E-state index in [0.717, 1.165) is 45.4 Å². The molecular weight excluding hydrogens is 240 g/mol. The lowest BCUT2D eigenvalue weighted by atomic mass is 10.0. The number of aliphatic imine (C=N–C) groups is 1. The van der Waals surface area contributed by atoms with Crippen LogP contribution >= 0.6 is 0 Å². The van der Waals surface area contributed by atoms with E-state index < -0.39 is 0 Å². The lowest BCUT2D eigenvalue weighted by molar-refractivity contribution is -0.00833. The molecule has 1 rings (SSSR count). The number of hydrogen-bond donors (Lipinski definition) is 2. The van der Waals surface area contributed by atoms with Crippen molar-refractivity contribution in [1.82, 2.24) is 15.5 Å². The van der Waals surface area contributed by atoms with Gasteiger partial charge >= 0.3 is 0 Å². The Hall–Kier alpha value is -0.810. The van der Waals surface area contributed by atoms with Crippen molar-refractivity contribution in [2.75, 3.05) is 46.4 Å². The molecule has 0 aromatic carbocycles. The first-order valence-electron chi connectivity index (χ1n) is 7.37. The molecule has 0 saturated carbocycles. The van der Waals surface area contributed by atoms with Crippen molar-refractivity contribution in [3.05, 3.63) is 0 Å². The van der Waals surface area contributed by atoms with E-state index in [-0.39, 0.29) is 5.54 Å². The summed E-state index contributed by atoms with van der Waals surface area (Å²) in [6, 6.07) is 0. The van der Waals surface area contributed by atoms with Crippen LogP contribution in [0, 0.1) is 0 Å². The number of guanidine groups is 1. The molecule has 0 spiro atoms. The second-order valence-corrected chi connectivity index (χ2v) is 5.62. The van der Waals surface area contributed by atoms with E-state index >= 15 is 0 Å². The second kappa shape index (κ2) is 8.38. The van der Waals surface area contributed by atoms with Crippen molar-refractivity contribution in [3.8, 4) is 0 Å². The Balaban J connectivity index is 2.35. The minimum absolute atomic E-state index is 0.117. The molecule has 0 aromatic heterocycles. The van der Waals surface area contributed by atoms with Gasteiger partial charge in [0.2, 0.25) is 0 Å². The first-order chi connectivity index (χ1) is 9.10. The van der Waals surface area contributed by atoms with Gasteiger partial charge < -0.3 is 15.4 Å². The fourth-order valence-corrected chi connectivity index (χ4v) is 2.18. The Kier molecular flexibility index (Phi) is 7.16. The van der Waals surface area contributed by atoms with Gasteiger partial charge in [-0.2, -0.15) is 0 Å². The molecule has 19 heavy (non-hydrogen) atoms. The molecule has 0 radical (unpaired) electrons. The minimum atomic E-state index is 0.117. The van der Waals surface area contributed by atoms with Crippen LogP contribution in [0.15, 0.2) is 4.99 Å². The van der Waals surface area contributed by atoms with Gasteiger partial charge in [-0.1, -0.05) is 13.3 Å². The van der Waals surface area contributed by atoms with Crippen LogP contribution in [0.2, 0.25) is 0 Å². The SMILES string of the molecule is CCCCNC(=NC)NCC(C)(C)N1CCOCC1. The molecule has 0 atom stereocenters. The zero-order valence-electron chi connectivity index (χ0n) is 13.0. The van der Waals surface area contributed by atoms with Crippen molar-refractivity contribution in [2.45, 2.75) is 39.2 Å². The standard InChI is InChI=1S/C14H30N4O/c1-5-6-7-16-13(15-4)17-12-14(2,3)18-8-10-19-11-9-18/h5-12H2,1-4H3,(H2,15,16,17). The van der Waals surface area contributed by atoms with Crippen LogP contribution in [0.3, 0.4) is 0 Å². The van der Waals surface area contributed by atoms with Gasteiger partial charge in [-0.25, -0.2) is 0 Å². The van der Waals surface area contributed by atoms with Crippen LogP contribution in [-0.4, -0.2) is 62.8 Å². The third-order valence-electron chi connectivity index (χ3n) is 3.60. The molecule has 0 unspecified atom stereocenters. The van der Waals surface area contributed by atoms with Crippen molar-refractivity contribution < 1.29 is 4.74 Å². The Labute approximate surface area is 117 Å². The number of nitrogens with one attached hydrogen (secondary N) is 2. The van der Waals surface area contributed by atoms with Gasteiger partial charge in [0, 0.05) is 38.8 Å². The summed E-state index contributed by atoms with van der Waals surface area (Å²) in [7, 11) is 1.82. The summed E-state index contributed by atoms with van der Waals surface area (Å²) in [5, 5.41) is 6.76. The van der Waals surface area contributed by atoms with Gasteiger partial charge in [-0.05, 0) is 20.3 Å². The van der Waals surface area contributed by atoms with Gasteiger partial charge in [0.05, 0.1) is 13.2 Å². The number of ether oxygens (including phenoxy) is 1. The molecule has 5 nitrogen and oxygen atoms in total. The smallest absolute Gasteiger partial charge is 0.191 e. The summed E-state index contributed by atoms with van der Waals surface area (Å²) in [6.45, 7) is 12.3. The Morgan fingerprint density at radius 2 is 1.95 bits per heavy atom. The third-order valence-corrected chi connectivity index (χ3v) is 3.60. The molecule has 1 saturated heterocycles. The molecule has 2 N–H and O–H groups in total. The lowest BCUT2D eigenvalue weighted by Crippen LogP contribution is -2.56. The minimum Gasteiger partial charge on any atom is -0.379 e. The van der Waals surface area contributed by atoms with Crippen LogP contribution in [-0.2, 0) is 4.74 Å². The number of rotatable bonds is 6. The van der Waals surface area contributed by atoms with Crippen LogP contribution in [0.25, 0.3) is 0 Å². The predicted molar refractivity (Wildman–Crippen MR) is 80.7 cm³/mol. The maximum atomic E-state index is 5.41. The van der Waals surface area contributed by atoms with Crippen LogP contribution in [0.1, 0.15) is 33.6 Å². The highest BCUT2D eigenvalue weighted by molar-refractivity contribution is 5.79. The van der Waals surface area contributed by atoms with Crippen molar-refractivity contribution in [2.24, 2.45) is 4.99 Å². The monoisotopic (exact) mass is 270 g/mol. The average molecular weight is 270 g/mol. The number of hydrogen-bond acceptors (Lipinski definition) is 3. The van der Waals surface area contributed by atoms with Gasteiger partial charge in [-0.3, -0.25) is 9.89 Å². The second-order valence-electron chi connectivity index (χ2n) is 5.62. The highest BCUT2D eigenvalue weighted by Crippen LogP contribution is 2.14. The summed E-state index contributed by atoms with van der Waals surface area (Å²) in [5.41, 5.74) is 0.117. The fraction of sp³-hybridized carbons (Fsp3) is 0.929. The predicted octanol–water partition coefficient (Wildman–Crippen LogP) is 1.06. The third kappa shape index (κ3) is 5.78. The molecule has 1 fully saturated rings. The highest BCUT2D eigenvalue weighted by Gasteiger charge is 2.28. The normalized spacial score (nSPS) is 18.4. The van der Waals surface area contributed by atoms with Gasteiger partial charge in [0.25, 0.3) is 0 Å². The van der Waals surface area contributed by atoms with E-state index in [1.54, 1.807) is 0 Å². The van der Waals surface area contributed by atoms with Crippen molar-refractivity contribution in [3.63, 3.8) is 0 Å². The maximum absolute atomic E-state index is 5.41. The quantitative estimate of drug-likeness (QED) is 0.430. The summed E-state index contributed by atoms with van der Waals surface area (Å²) in [4.78, 5) is 6.73. The maximum Gasteiger partial charge on any atom is 0.191 e. The molecule has 1 aliphatic rings. The Morgan fingerprint density at radius 1 is 1.26 bits per heavy atom. The van der Waals surface area contributed by atoms with E-state index in [9.17, 15) is 0 Å². The first kappa shape index (κ1) is 16.2. The van der Waals surface area contributed by atoms with Crippen LogP contribution in [0.5, 0.6) is 0 Å². The van der Waals surface area contributed by atoms with E-state index in [1.807, 2.05) is 7.05 Å². The largest absolute Gasteiger partial charge is 0.379 e. The Morgan fingerprint density at radius 3 is 2.53 bits per heavy atom. The summed E-state index contributed by atoms with van der Waals surface area (Å²) in [5.74, 6) is 0.898. The molecule has 112 valence electrons. The van der Waals surface area contributed by atoms with Gasteiger partial charge in [-0.15, -0.1) is 0 Å². The zero-order chi connectivity index (χ0) is 14.1. The van der Waals surface area contributed by atoms with Crippen molar-refractivity contribution in [1.29, 1.82) is 0 Å². The molecule has 1 heterocycles. The summed E-state index contributed by atoms with van der Waals surface area (Å²) >= 11 is 0. The first-order valence-corrected chi connectivity index (χ1v) is 7.37. The van der Waals surface area contributed by atoms with E-state index in [2.05, 4.69) is 41.3 Å². The lowest BCUT2D eigenvalue weighted by Gasteiger charge is -2.41. The molecule has 0 bridgehead atoms. The summed E-state index contributed by atoms with van der Waals surface area (Å²) < 4.78 is 5.41. The average Bonchev–Trinajstić information content (AvgIpc) is 2.43. The topological polar surface area (TPSA) is 48.9 Å². The van der Waals surface area contributed by atoms with E-state index in [0.29, 0.717) is 0 Å². The molecule has 0 aliphatic carbocycles. The van der Waals surface area contributed by atoms with Gasteiger partial charge in [0.15, 0.2) is 5.96 Å². The molecule has 5 heteroatoms. The zero-order valence-corrected chi connectivity index (χ0v) is 13.0.